The van der Waals surface area contributed by atoms with Crippen molar-refractivity contribution in [2.24, 2.45) is 0 Å². The van der Waals surface area contributed by atoms with Crippen LogP contribution in [0.4, 0.5) is 0 Å². The zero-order valence-electron chi connectivity index (χ0n) is 8.76. The molecule has 1 fully saturated rings. The summed E-state index contributed by atoms with van der Waals surface area (Å²) in [5.41, 5.74) is 1.49. The summed E-state index contributed by atoms with van der Waals surface area (Å²) in [5.74, 6) is 0.887. The highest BCUT2D eigenvalue weighted by Crippen LogP contribution is 2.26. The summed E-state index contributed by atoms with van der Waals surface area (Å²) in [6.07, 6.45) is 7.27. The van der Waals surface area contributed by atoms with E-state index in [0.29, 0.717) is 6.04 Å². The monoisotopic (exact) mass is 216 g/mol. The maximum atomic E-state index is 5.32. The van der Waals surface area contributed by atoms with Crippen molar-refractivity contribution >= 4 is 0 Å². The molecule has 16 heavy (non-hydrogen) atoms. The van der Waals surface area contributed by atoms with Crippen LogP contribution in [0.25, 0.3) is 11.4 Å². The minimum Gasteiger partial charge on any atom is -0.359 e. The first-order valence-corrected chi connectivity index (χ1v) is 5.40. The van der Waals surface area contributed by atoms with Crippen molar-refractivity contribution in [2.45, 2.75) is 18.9 Å². The molecular formula is C11H12N4O. The van der Waals surface area contributed by atoms with Gasteiger partial charge in [0.1, 0.15) is 11.4 Å². The van der Waals surface area contributed by atoms with Crippen molar-refractivity contribution in [3.63, 3.8) is 0 Å². The summed E-state index contributed by atoms with van der Waals surface area (Å²) in [4.78, 5) is 8.19. The molecule has 1 atom stereocenters. The molecule has 0 amide bonds. The van der Waals surface area contributed by atoms with E-state index >= 15 is 0 Å². The molecule has 1 aliphatic rings. The lowest BCUT2D eigenvalue weighted by Crippen LogP contribution is -2.11. The van der Waals surface area contributed by atoms with Gasteiger partial charge in [-0.25, -0.2) is 0 Å². The Morgan fingerprint density at radius 3 is 3.06 bits per heavy atom. The van der Waals surface area contributed by atoms with Crippen LogP contribution in [0.5, 0.6) is 0 Å². The number of aromatic nitrogens is 3. The second-order valence-corrected chi connectivity index (χ2v) is 3.85. The summed E-state index contributed by atoms with van der Waals surface area (Å²) in [6.45, 7) is 1.05. The predicted octanol–water partition coefficient (Wildman–Crippen LogP) is 1.56. The van der Waals surface area contributed by atoms with Crippen LogP contribution in [0, 0.1) is 0 Å². The van der Waals surface area contributed by atoms with Gasteiger partial charge in [-0.3, -0.25) is 9.97 Å². The first-order valence-electron chi connectivity index (χ1n) is 5.40. The molecule has 1 saturated heterocycles. The minimum absolute atomic E-state index is 0.304. The zero-order valence-corrected chi connectivity index (χ0v) is 8.76. The van der Waals surface area contributed by atoms with E-state index in [9.17, 15) is 0 Å². The fourth-order valence-corrected chi connectivity index (χ4v) is 1.93. The normalized spacial score (nSPS) is 20.1. The molecule has 5 heteroatoms. The lowest BCUT2D eigenvalue weighted by Gasteiger charge is -2.02. The van der Waals surface area contributed by atoms with Gasteiger partial charge in [0.25, 0.3) is 0 Å². The van der Waals surface area contributed by atoms with Gasteiger partial charge in [0, 0.05) is 18.5 Å². The van der Waals surface area contributed by atoms with E-state index in [4.69, 9.17) is 4.52 Å². The molecule has 1 unspecified atom stereocenters. The van der Waals surface area contributed by atoms with Crippen LogP contribution in [0.3, 0.4) is 0 Å². The number of nitrogens with one attached hydrogen (secondary N) is 1. The lowest BCUT2D eigenvalue weighted by molar-refractivity contribution is 0.353. The third kappa shape index (κ3) is 1.69. The summed E-state index contributed by atoms with van der Waals surface area (Å²) >= 11 is 0. The molecule has 0 bridgehead atoms. The number of hydrogen-bond donors (Lipinski definition) is 1. The van der Waals surface area contributed by atoms with Crippen LogP contribution in [0.2, 0.25) is 0 Å². The molecule has 0 radical (unpaired) electrons. The van der Waals surface area contributed by atoms with E-state index in [0.717, 1.165) is 30.1 Å². The van der Waals surface area contributed by atoms with Crippen LogP contribution in [-0.4, -0.2) is 21.7 Å². The molecule has 3 rings (SSSR count). The van der Waals surface area contributed by atoms with Gasteiger partial charge in [-0.05, 0) is 19.4 Å². The van der Waals surface area contributed by atoms with Crippen LogP contribution >= 0.6 is 0 Å². The highest BCUT2D eigenvalue weighted by atomic mass is 16.5. The van der Waals surface area contributed by atoms with Gasteiger partial charge in [0.05, 0.1) is 12.2 Å². The fraction of sp³-hybridized carbons (Fsp3) is 0.364. The Morgan fingerprint density at radius 2 is 2.31 bits per heavy atom. The van der Waals surface area contributed by atoms with Crippen molar-refractivity contribution in [3.8, 4) is 11.4 Å². The molecule has 0 spiro atoms. The first-order chi connectivity index (χ1) is 7.93. The maximum absolute atomic E-state index is 5.32. The molecule has 3 heterocycles. The second-order valence-electron chi connectivity index (χ2n) is 3.85. The molecule has 0 aromatic carbocycles. The topological polar surface area (TPSA) is 63.8 Å². The largest absolute Gasteiger partial charge is 0.359 e. The smallest absolute Gasteiger partial charge is 0.154 e. The molecule has 5 nitrogen and oxygen atoms in total. The van der Waals surface area contributed by atoms with Gasteiger partial charge in [0.2, 0.25) is 0 Å². The fourth-order valence-electron chi connectivity index (χ4n) is 1.93. The highest BCUT2D eigenvalue weighted by Gasteiger charge is 2.21. The third-order valence-electron chi connectivity index (χ3n) is 2.76. The Morgan fingerprint density at radius 1 is 1.31 bits per heavy atom. The van der Waals surface area contributed by atoms with Gasteiger partial charge in [-0.15, -0.1) is 0 Å². The highest BCUT2D eigenvalue weighted by molar-refractivity contribution is 5.52. The van der Waals surface area contributed by atoms with Gasteiger partial charge < -0.3 is 9.84 Å². The van der Waals surface area contributed by atoms with E-state index in [2.05, 4.69) is 20.4 Å². The van der Waals surface area contributed by atoms with E-state index in [1.54, 1.807) is 18.6 Å². The van der Waals surface area contributed by atoms with E-state index < -0.39 is 0 Å². The van der Waals surface area contributed by atoms with Crippen LogP contribution in [0.1, 0.15) is 24.6 Å². The van der Waals surface area contributed by atoms with Gasteiger partial charge >= 0.3 is 0 Å². The molecule has 1 aliphatic heterocycles. The molecule has 2 aromatic heterocycles. The average Bonchev–Trinajstić information content (AvgIpc) is 3.01. The standard InChI is InChI=1S/C11H12N4O/c1-2-8(13-3-1)11-6-9(15-16-11)10-7-12-4-5-14-10/h4-8,13H,1-3H2. The SMILES string of the molecule is c1cnc(-c2cc(C3CCCN3)on2)cn1. The Balaban J connectivity index is 1.87. The van der Waals surface area contributed by atoms with Gasteiger partial charge in [-0.2, -0.15) is 0 Å². The summed E-state index contributed by atoms with van der Waals surface area (Å²) in [5, 5.41) is 7.38. The second kappa shape index (κ2) is 4.02. The number of hydrogen-bond acceptors (Lipinski definition) is 5. The summed E-state index contributed by atoms with van der Waals surface area (Å²) in [6, 6.07) is 2.24. The lowest BCUT2D eigenvalue weighted by atomic mass is 10.1. The van der Waals surface area contributed by atoms with E-state index in [1.165, 1.54) is 6.42 Å². The van der Waals surface area contributed by atoms with E-state index in [1.807, 2.05) is 6.07 Å². The Hall–Kier alpha value is -1.75. The Kier molecular flexibility index (Phi) is 2.38. The van der Waals surface area contributed by atoms with Crippen molar-refractivity contribution < 1.29 is 4.52 Å². The minimum atomic E-state index is 0.304. The molecule has 0 aliphatic carbocycles. The van der Waals surface area contributed by atoms with Crippen molar-refractivity contribution in [3.05, 3.63) is 30.4 Å². The zero-order chi connectivity index (χ0) is 10.8. The number of nitrogens with zero attached hydrogens (tertiary/aromatic N) is 3. The Bertz CT molecular complexity index is 462. The first kappa shape index (κ1) is 9.47. The molecule has 0 saturated carbocycles. The molecular weight excluding hydrogens is 204 g/mol. The predicted molar refractivity (Wildman–Crippen MR) is 57.5 cm³/mol. The van der Waals surface area contributed by atoms with Crippen LogP contribution in [0.15, 0.2) is 29.2 Å². The Labute approximate surface area is 92.9 Å². The molecule has 1 N–H and O–H groups in total. The third-order valence-corrected chi connectivity index (χ3v) is 2.76. The quantitative estimate of drug-likeness (QED) is 0.825. The van der Waals surface area contributed by atoms with E-state index in [-0.39, 0.29) is 0 Å². The van der Waals surface area contributed by atoms with Gasteiger partial charge in [-0.1, -0.05) is 5.16 Å². The van der Waals surface area contributed by atoms with Crippen molar-refractivity contribution in [1.82, 2.24) is 20.4 Å². The number of rotatable bonds is 2. The van der Waals surface area contributed by atoms with Crippen molar-refractivity contribution in [2.75, 3.05) is 6.54 Å². The van der Waals surface area contributed by atoms with Crippen LogP contribution in [-0.2, 0) is 0 Å². The summed E-state index contributed by atoms with van der Waals surface area (Å²) in [7, 11) is 0. The maximum Gasteiger partial charge on any atom is 0.154 e. The van der Waals surface area contributed by atoms with Gasteiger partial charge in [0.15, 0.2) is 5.76 Å². The van der Waals surface area contributed by atoms with Crippen LogP contribution < -0.4 is 5.32 Å². The molecule has 82 valence electrons. The average molecular weight is 216 g/mol. The summed E-state index contributed by atoms with van der Waals surface area (Å²) < 4.78 is 5.32. The van der Waals surface area contributed by atoms with Crippen molar-refractivity contribution in [1.29, 1.82) is 0 Å². The molecule has 2 aromatic rings.